The molecule has 0 spiro atoms. The minimum Gasteiger partial charge on any atom is -0.405 e. The molecular formula is C104H147B3Br3N19O15S2Si4. The van der Waals surface area contributed by atoms with Crippen LogP contribution in [0.2, 0.25) is 103 Å². The molecule has 0 atom stereocenters. The average molecular weight is 2350 g/mol. The van der Waals surface area contributed by atoms with Crippen LogP contribution in [0.4, 0.5) is 17.5 Å². The van der Waals surface area contributed by atoms with Crippen LogP contribution < -0.4 is 5.46 Å². The fourth-order valence-electron chi connectivity index (χ4n) is 15.8. The standard InChI is InChI=1S/C25H32N6O3SSi.C19H31BN2O3Si.C18H22N4OSi.C13H19BrN2OSi.C12H24B2O4.C7H12N2O2S.C5H3BrN2.C5H4BrNO/c1-6-35(32,33)30-17-25(18-30,9-10-26)31-16-20(15-23(31)27-2)21-7-11-28-24-22(21)8-12-29(24)19-34-13-14-36(3,4)5;1-18(2)19(3,4)25-20(24-18)16-8-10-21-17-15(16)9-11-22(17)14-23-12-13-26(5,6)7;1-19-17-11-14(12-21-17)15-5-7-20-18-16(15)6-8-22(18)13-23-9-10-24(2,3)4;1-18(2,3)9-8-17-10-16-7-5-11-12(14)4-6-15-13(11)16;1-9(2)10(3,4)16-13(15-9)14-17-11(5,6)12(7,8)18-14;1-2-12(10,11)9-5-7(6-9)3-4-8;1-7-5-2-4(6)3-8-5;6-4-1-5(3-8)7-2-4/h7-8,11-12,15-16H,6,9,13-14,17-19H2,1,3-5H3;8-11H,12-14H2,1-7H3;5-8,11-12,21H,9-10,13H2,2-4H3;4-7H,8-10H2,1-3H3;1-8H3;7H,2-3,5-6H2,1H3;2-3,8H;1-3,7H. The number of nitrogens with one attached hydrogen (secondary N) is 3. The van der Waals surface area contributed by atoms with Crippen LogP contribution in [0.1, 0.15) is 120 Å². The molecule has 5 aliphatic heterocycles. The second-order valence-electron chi connectivity index (χ2n) is 45.6. The van der Waals surface area contributed by atoms with Crippen molar-refractivity contribution in [1.82, 2.24) is 66.3 Å². The molecule has 0 bridgehead atoms. The van der Waals surface area contributed by atoms with Crippen molar-refractivity contribution < 1.29 is 68.5 Å². The Balaban J connectivity index is 0.000000182. The molecule has 0 radical (unpaired) electrons. The van der Waals surface area contributed by atoms with Gasteiger partial charge in [-0.05, 0) is 264 Å². The number of pyridine rings is 4. The molecule has 5 saturated heterocycles. The number of halogens is 3. The minimum absolute atomic E-state index is 0.0100. The van der Waals surface area contributed by atoms with Crippen molar-refractivity contribution in [1.29, 1.82) is 10.5 Å². The molecule has 806 valence electrons. The number of hydrogen-bond acceptors (Lipinski definition) is 21. The molecular weight excluding hydrogens is 2200 g/mol. The number of H-pyrrole nitrogens is 3. The Morgan fingerprint density at radius 2 is 0.847 bits per heavy atom. The summed E-state index contributed by atoms with van der Waals surface area (Å²) < 4.78 is 122. The first-order valence-corrected chi connectivity index (χ1v) is 70.7. The summed E-state index contributed by atoms with van der Waals surface area (Å²) in [6.07, 6.45) is 23.7. The highest BCUT2D eigenvalue weighted by molar-refractivity contribution is 9.11. The number of nitrogens with zero attached hydrogens (tertiary/aromatic N) is 16. The summed E-state index contributed by atoms with van der Waals surface area (Å²) in [5.41, 5.74) is 6.15. The van der Waals surface area contributed by atoms with Gasteiger partial charge in [0.2, 0.25) is 37.5 Å². The van der Waals surface area contributed by atoms with Crippen LogP contribution in [0.5, 0.6) is 0 Å². The molecule has 5 fully saturated rings. The van der Waals surface area contributed by atoms with Crippen molar-refractivity contribution in [2.75, 3.05) is 64.1 Å². The van der Waals surface area contributed by atoms with E-state index >= 15 is 0 Å². The number of hydrogen-bond donors (Lipinski definition) is 3. The van der Waals surface area contributed by atoms with Crippen LogP contribution in [0.25, 0.3) is 80.9 Å². The van der Waals surface area contributed by atoms with Crippen molar-refractivity contribution in [2.45, 2.75) is 279 Å². The first-order chi connectivity index (χ1) is 70.1. The molecule has 0 saturated carbocycles. The number of carbonyl (C=O) groups excluding carboxylic acids is 1. The Hall–Kier alpha value is -9.08. The fourth-order valence-corrected chi connectivity index (χ4v) is 22.5. The van der Waals surface area contributed by atoms with E-state index in [9.17, 15) is 26.9 Å². The first-order valence-electron chi connectivity index (χ1n) is 50.3. The summed E-state index contributed by atoms with van der Waals surface area (Å²) >= 11 is 9.91. The zero-order valence-corrected chi connectivity index (χ0v) is 102. The SMILES string of the molecule is CC1(C)OB(B2OC(C)(C)C(C)(C)O2)OC1(C)C.CC1(C)OB(c2ccnc3c2ccn3COCC[Si](C)(C)C)OC1(C)C.CCS(=O)(=O)N1CC(CC#N)C1.C[Si](C)(C)CCOCn1ccc2c(Br)ccnc21.O=Cc1cc(Br)c[nH]1.[C-]#[N+]c1cc(-c2ccnc3c2ccn3COCC[Si](C)(C)C)c[nH]1.[C-]#[N+]c1cc(-c2ccnc3c2ccn3COCC[Si](C)(C)C)cn1C1(CC#N)CN(S(=O)(=O)CC)C1.[C-]#[N+]c1cc(Br)c[nH]1. The molecule has 12 aromatic rings. The molecule has 0 amide bonds. The molecule has 12 aromatic heterocycles. The van der Waals surface area contributed by atoms with Crippen LogP contribution in [0.15, 0.2) is 161 Å². The molecule has 34 nitrogen and oxygen atoms in total. The number of aromatic nitrogens is 12. The number of sulfonamides is 2. The Bertz CT molecular complexity index is 6950. The molecule has 17 heterocycles. The number of aromatic amines is 3. The maximum absolute atomic E-state index is 12.3. The summed E-state index contributed by atoms with van der Waals surface area (Å²) in [5.74, 6) is 1.92. The second-order valence-corrected chi connectivity index (χ2v) is 75.3. The van der Waals surface area contributed by atoms with Gasteiger partial charge >= 0.3 is 21.1 Å². The highest BCUT2D eigenvalue weighted by Gasteiger charge is 2.64. The van der Waals surface area contributed by atoms with Crippen molar-refractivity contribution in [3.8, 4) is 34.4 Å². The van der Waals surface area contributed by atoms with Crippen LogP contribution in [-0.2, 0) is 99.4 Å². The quantitative estimate of drug-likeness (QED) is 0.0153. The van der Waals surface area contributed by atoms with Gasteiger partial charge in [0.05, 0.1) is 101 Å². The van der Waals surface area contributed by atoms with Crippen molar-refractivity contribution in [2.24, 2.45) is 5.92 Å². The lowest BCUT2D eigenvalue weighted by molar-refractivity contribution is 0.00578. The normalized spacial score (nSPS) is 16.9. The average Bonchev–Trinajstić information content (AvgIpc) is 1.68. The summed E-state index contributed by atoms with van der Waals surface area (Å²) in [7, 11) is -12.0. The van der Waals surface area contributed by atoms with E-state index in [0.29, 0.717) is 69.6 Å². The molecule has 17 rings (SSSR count). The zero-order valence-electron chi connectivity index (χ0n) is 91.6. The largest absolute Gasteiger partial charge is 0.495 e. The van der Waals surface area contributed by atoms with Gasteiger partial charge in [0.25, 0.3) is 0 Å². The summed E-state index contributed by atoms with van der Waals surface area (Å²) in [6, 6.07) is 32.0. The van der Waals surface area contributed by atoms with Gasteiger partial charge in [-0.2, -0.15) is 14.8 Å². The van der Waals surface area contributed by atoms with E-state index in [1.165, 1.54) is 20.7 Å². The van der Waals surface area contributed by atoms with Gasteiger partial charge in [-0.1, -0.05) is 98.3 Å². The van der Waals surface area contributed by atoms with Crippen LogP contribution in [-0.4, -0.2) is 241 Å². The lowest BCUT2D eigenvalue weighted by atomic mass is 9.49. The van der Waals surface area contributed by atoms with Crippen molar-refractivity contribution >= 4 is 195 Å². The van der Waals surface area contributed by atoms with E-state index in [1.54, 1.807) is 61.4 Å². The third kappa shape index (κ3) is 32.8. The molecule has 5 aliphatic rings. The Kier molecular flexibility index (Phi) is 42.2. The lowest BCUT2D eigenvalue weighted by Crippen LogP contribution is -2.63. The second kappa shape index (κ2) is 51.5. The minimum atomic E-state index is -3.36. The molecule has 0 unspecified atom stereocenters. The number of rotatable bonds is 32. The topological polar surface area (TPSA) is 368 Å². The van der Waals surface area contributed by atoms with Gasteiger partial charge in [0.15, 0.2) is 6.29 Å². The third-order valence-electron chi connectivity index (χ3n) is 27.4. The van der Waals surface area contributed by atoms with Gasteiger partial charge in [0.1, 0.15) is 55.1 Å². The number of aldehydes is 1. The van der Waals surface area contributed by atoms with E-state index in [2.05, 4.69) is 228 Å². The van der Waals surface area contributed by atoms with Crippen LogP contribution in [0, 0.1) is 48.3 Å². The van der Waals surface area contributed by atoms with Gasteiger partial charge in [-0.25, -0.2) is 41.1 Å². The zero-order chi connectivity index (χ0) is 111. The monoisotopic (exact) mass is 2350 g/mol. The smallest absolute Gasteiger partial charge is 0.405 e. The van der Waals surface area contributed by atoms with Crippen molar-refractivity contribution in [3.63, 3.8) is 0 Å². The third-order valence-corrected chi connectivity index (χ3v) is 39.4. The van der Waals surface area contributed by atoms with E-state index in [0.717, 1.165) is 130 Å². The van der Waals surface area contributed by atoms with E-state index in [4.69, 9.17) is 71.9 Å². The maximum Gasteiger partial charge on any atom is 0.495 e. The Morgan fingerprint density at radius 1 is 0.473 bits per heavy atom. The molecule has 0 aliphatic carbocycles. The predicted molar refractivity (Wildman–Crippen MR) is 619 cm³/mol. The number of fused-ring (bicyclic) bond motifs is 4. The summed E-state index contributed by atoms with van der Waals surface area (Å²) in [4.78, 5) is 46.7. The summed E-state index contributed by atoms with van der Waals surface area (Å²) in [5, 5.41) is 22.0. The first kappa shape index (κ1) is 123. The lowest BCUT2D eigenvalue weighted by Gasteiger charge is -2.46. The molecule has 3 N–H and O–H groups in total. The number of ether oxygens (including phenoxy) is 4. The van der Waals surface area contributed by atoms with E-state index in [1.807, 2.05) is 166 Å². The molecule has 150 heavy (non-hydrogen) atoms. The van der Waals surface area contributed by atoms with Gasteiger partial charge in [0, 0.05) is 180 Å². The number of nitriles is 2. The van der Waals surface area contributed by atoms with E-state index < -0.39 is 71.9 Å². The predicted octanol–water partition coefficient (Wildman–Crippen LogP) is 23.6. The van der Waals surface area contributed by atoms with Gasteiger partial charge in [-0.15, -0.1) is 0 Å². The van der Waals surface area contributed by atoms with E-state index in [-0.39, 0.29) is 77.7 Å². The molecule has 0 aromatic carbocycles. The van der Waals surface area contributed by atoms with Crippen LogP contribution in [0.3, 0.4) is 0 Å². The molecule has 46 heteroatoms. The number of carbonyl (C=O) groups is 1. The Labute approximate surface area is 916 Å². The van der Waals surface area contributed by atoms with Crippen LogP contribution >= 0.6 is 47.8 Å². The van der Waals surface area contributed by atoms with Crippen molar-refractivity contribution in [3.05, 3.63) is 201 Å². The highest BCUT2D eigenvalue weighted by atomic mass is 79.9. The fraction of sp³-hybridized carbons (Fsp3) is 0.519. The summed E-state index contributed by atoms with van der Waals surface area (Å²) in [6.45, 7) is 83.9. The Morgan fingerprint density at radius 3 is 1.21 bits per heavy atom. The van der Waals surface area contributed by atoms with Gasteiger partial charge < -0.3 is 94.6 Å². The van der Waals surface area contributed by atoms with Gasteiger partial charge in [-0.3, -0.25) is 9.36 Å². The maximum atomic E-state index is 12.3. The highest BCUT2D eigenvalue weighted by Crippen LogP contribution is 2.46.